The molecule has 1 aliphatic carbocycles. The number of piperidine rings is 1. The Morgan fingerprint density at radius 2 is 1.89 bits per heavy atom. The second kappa shape index (κ2) is 8.09. The summed E-state index contributed by atoms with van der Waals surface area (Å²) in [4.78, 5) is 14.8. The van der Waals surface area contributed by atoms with Crippen LogP contribution in [0.25, 0.3) is 0 Å². The van der Waals surface area contributed by atoms with E-state index in [0.717, 1.165) is 32.0 Å². The van der Waals surface area contributed by atoms with E-state index in [2.05, 4.69) is 10.2 Å². The maximum atomic E-state index is 13.4. The number of rotatable bonds is 6. The van der Waals surface area contributed by atoms with Crippen molar-refractivity contribution in [3.8, 4) is 5.75 Å². The molecule has 2 aliphatic rings. The van der Waals surface area contributed by atoms with E-state index in [9.17, 15) is 18.0 Å². The zero-order chi connectivity index (χ0) is 19.6. The molecular formula is C20H27F3N2O2. The number of halogens is 3. The number of benzene rings is 1. The van der Waals surface area contributed by atoms with Gasteiger partial charge in [-0.1, -0.05) is 6.07 Å². The normalized spacial score (nSPS) is 19.3. The average molecular weight is 384 g/mol. The molecule has 1 aromatic rings. The molecule has 0 unspecified atom stereocenters. The van der Waals surface area contributed by atoms with Crippen LogP contribution >= 0.6 is 0 Å². The summed E-state index contributed by atoms with van der Waals surface area (Å²) in [5, 5.41) is 2.70. The standard InChI is InChI=1S/C20H27F3N2O2/c1-13(2)27-17-6-3-15(18(11-17)20(21,22)23)12-24-19(26)14-7-9-25(10-8-14)16-4-5-16/h3,6,11,13-14,16H,4-5,7-10,12H2,1-2H3,(H,24,26). The quantitative estimate of drug-likeness (QED) is 0.807. The van der Waals surface area contributed by atoms with Crippen molar-refractivity contribution in [2.75, 3.05) is 13.1 Å². The minimum atomic E-state index is -4.49. The minimum absolute atomic E-state index is 0.0578. The van der Waals surface area contributed by atoms with Gasteiger partial charge in [-0.05, 0) is 70.3 Å². The van der Waals surface area contributed by atoms with Crippen molar-refractivity contribution in [1.82, 2.24) is 10.2 Å². The predicted octanol–water partition coefficient (Wildman–Crippen LogP) is 3.98. The molecule has 0 atom stereocenters. The number of nitrogens with one attached hydrogen (secondary N) is 1. The first kappa shape index (κ1) is 20.0. The third-order valence-electron chi connectivity index (χ3n) is 5.18. The van der Waals surface area contributed by atoms with Crippen molar-refractivity contribution < 1.29 is 22.7 Å². The lowest BCUT2D eigenvalue weighted by molar-refractivity contribution is -0.138. The van der Waals surface area contributed by atoms with Crippen LogP contribution in [-0.2, 0) is 17.5 Å². The van der Waals surface area contributed by atoms with Crippen molar-refractivity contribution in [3.63, 3.8) is 0 Å². The Labute approximate surface area is 158 Å². The summed E-state index contributed by atoms with van der Waals surface area (Å²) < 4.78 is 45.6. The molecule has 1 aromatic carbocycles. The van der Waals surface area contributed by atoms with Gasteiger partial charge in [-0.2, -0.15) is 13.2 Å². The Balaban J connectivity index is 1.60. The van der Waals surface area contributed by atoms with Gasteiger partial charge in [-0.25, -0.2) is 0 Å². The number of carbonyl (C=O) groups is 1. The molecule has 0 spiro atoms. The molecule has 1 saturated heterocycles. The molecule has 0 bridgehead atoms. The van der Waals surface area contributed by atoms with Gasteiger partial charge in [0.05, 0.1) is 11.7 Å². The van der Waals surface area contributed by atoms with Crippen LogP contribution in [0.5, 0.6) is 5.75 Å². The first-order chi connectivity index (χ1) is 12.7. The summed E-state index contributed by atoms with van der Waals surface area (Å²) in [6.07, 6.45) is -0.670. The number of nitrogens with zero attached hydrogens (tertiary/aromatic N) is 1. The number of hydrogen-bond acceptors (Lipinski definition) is 3. The van der Waals surface area contributed by atoms with Crippen LogP contribution in [0.4, 0.5) is 13.2 Å². The summed E-state index contributed by atoms with van der Waals surface area (Å²) in [5.41, 5.74) is -0.702. The second-order valence-corrected chi connectivity index (χ2v) is 7.74. The first-order valence-electron chi connectivity index (χ1n) is 9.62. The Morgan fingerprint density at radius 1 is 1.22 bits per heavy atom. The number of carbonyl (C=O) groups excluding carboxylic acids is 1. The van der Waals surface area contributed by atoms with Gasteiger partial charge >= 0.3 is 6.18 Å². The van der Waals surface area contributed by atoms with E-state index < -0.39 is 11.7 Å². The van der Waals surface area contributed by atoms with Gasteiger partial charge in [0.15, 0.2) is 0 Å². The zero-order valence-corrected chi connectivity index (χ0v) is 15.8. The molecule has 27 heavy (non-hydrogen) atoms. The molecular weight excluding hydrogens is 357 g/mol. The first-order valence-corrected chi connectivity index (χ1v) is 9.62. The molecule has 0 radical (unpaired) electrons. The van der Waals surface area contributed by atoms with Crippen LogP contribution < -0.4 is 10.1 Å². The molecule has 1 heterocycles. The van der Waals surface area contributed by atoms with Gasteiger partial charge < -0.3 is 15.0 Å². The second-order valence-electron chi connectivity index (χ2n) is 7.74. The number of alkyl halides is 3. The molecule has 4 nitrogen and oxygen atoms in total. The van der Waals surface area contributed by atoms with Gasteiger partial charge in [-0.3, -0.25) is 4.79 Å². The minimum Gasteiger partial charge on any atom is -0.491 e. The summed E-state index contributed by atoms with van der Waals surface area (Å²) in [6, 6.07) is 4.60. The highest BCUT2D eigenvalue weighted by Gasteiger charge is 2.35. The maximum Gasteiger partial charge on any atom is 0.416 e. The molecule has 1 saturated carbocycles. The van der Waals surface area contributed by atoms with Crippen LogP contribution in [0, 0.1) is 5.92 Å². The number of ether oxygens (including phenoxy) is 1. The van der Waals surface area contributed by atoms with E-state index in [1.165, 1.54) is 25.0 Å². The van der Waals surface area contributed by atoms with Gasteiger partial charge in [0.2, 0.25) is 5.91 Å². The van der Waals surface area contributed by atoms with Gasteiger partial charge in [0.1, 0.15) is 5.75 Å². The van der Waals surface area contributed by atoms with Crippen molar-refractivity contribution in [3.05, 3.63) is 29.3 Å². The Bertz CT molecular complexity index is 664. The predicted molar refractivity (Wildman–Crippen MR) is 96.4 cm³/mol. The van der Waals surface area contributed by atoms with Crippen LogP contribution in [-0.4, -0.2) is 36.0 Å². The summed E-state index contributed by atoms with van der Waals surface area (Å²) in [7, 11) is 0. The fourth-order valence-corrected chi connectivity index (χ4v) is 3.61. The van der Waals surface area contributed by atoms with E-state index in [-0.39, 0.29) is 35.8 Å². The fraction of sp³-hybridized carbons (Fsp3) is 0.650. The van der Waals surface area contributed by atoms with E-state index in [1.807, 2.05) is 0 Å². The summed E-state index contributed by atoms with van der Waals surface area (Å²) in [6.45, 7) is 5.19. The molecule has 7 heteroatoms. The van der Waals surface area contributed by atoms with Crippen molar-refractivity contribution in [2.45, 2.75) is 64.4 Å². The van der Waals surface area contributed by atoms with E-state index >= 15 is 0 Å². The highest BCUT2D eigenvalue weighted by Crippen LogP contribution is 2.35. The summed E-state index contributed by atoms with van der Waals surface area (Å²) >= 11 is 0. The lowest BCUT2D eigenvalue weighted by atomic mass is 9.95. The van der Waals surface area contributed by atoms with E-state index in [0.29, 0.717) is 6.04 Å². The Hall–Kier alpha value is -1.76. The Morgan fingerprint density at radius 3 is 2.44 bits per heavy atom. The summed E-state index contributed by atoms with van der Waals surface area (Å²) in [5.74, 6) is -0.0844. The largest absolute Gasteiger partial charge is 0.491 e. The van der Waals surface area contributed by atoms with Crippen LogP contribution in [0.1, 0.15) is 50.7 Å². The molecule has 150 valence electrons. The van der Waals surface area contributed by atoms with Gasteiger partial charge in [0.25, 0.3) is 0 Å². The number of amides is 1. The van der Waals surface area contributed by atoms with Crippen molar-refractivity contribution >= 4 is 5.91 Å². The lowest BCUT2D eigenvalue weighted by Crippen LogP contribution is -2.41. The smallest absolute Gasteiger partial charge is 0.416 e. The highest BCUT2D eigenvalue weighted by molar-refractivity contribution is 5.78. The molecule has 1 aliphatic heterocycles. The molecule has 2 fully saturated rings. The van der Waals surface area contributed by atoms with E-state index in [1.54, 1.807) is 13.8 Å². The van der Waals surface area contributed by atoms with Gasteiger partial charge in [0, 0.05) is 18.5 Å². The van der Waals surface area contributed by atoms with Crippen molar-refractivity contribution in [2.24, 2.45) is 5.92 Å². The highest BCUT2D eigenvalue weighted by atomic mass is 19.4. The molecule has 1 amide bonds. The van der Waals surface area contributed by atoms with E-state index in [4.69, 9.17) is 4.74 Å². The molecule has 1 N–H and O–H groups in total. The van der Waals surface area contributed by atoms with Crippen LogP contribution in [0.3, 0.4) is 0 Å². The topological polar surface area (TPSA) is 41.6 Å². The van der Waals surface area contributed by atoms with Crippen molar-refractivity contribution in [1.29, 1.82) is 0 Å². The van der Waals surface area contributed by atoms with Gasteiger partial charge in [-0.15, -0.1) is 0 Å². The maximum absolute atomic E-state index is 13.4. The molecule has 3 rings (SSSR count). The third kappa shape index (κ3) is 5.37. The SMILES string of the molecule is CC(C)Oc1ccc(CNC(=O)C2CCN(C3CC3)CC2)c(C(F)(F)F)c1. The fourth-order valence-electron chi connectivity index (χ4n) is 3.61. The van der Waals surface area contributed by atoms with Crippen LogP contribution in [0.2, 0.25) is 0 Å². The van der Waals surface area contributed by atoms with Crippen LogP contribution in [0.15, 0.2) is 18.2 Å². The molecule has 0 aromatic heterocycles. The number of likely N-dealkylation sites (tertiary alicyclic amines) is 1. The zero-order valence-electron chi connectivity index (χ0n) is 15.8. The third-order valence-corrected chi connectivity index (χ3v) is 5.18. The Kier molecular flexibility index (Phi) is 5.99. The lowest BCUT2D eigenvalue weighted by Gasteiger charge is -2.31. The number of hydrogen-bond donors (Lipinski definition) is 1. The average Bonchev–Trinajstić information content (AvgIpc) is 3.44. The monoisotopic (exact) mass is 384 g/mol.